The van der Waals surface area contributed by atoms with Crippen molar-refractivity contribution < 1.29 is 19.2 Å². The molecule has 8 heteroatoms. The van der Waals surface area contributed by atoms with Crippen molar-refractivity contribution in [2.24, 2.45) is 5.10 Å². The second-order valence-corrected chi connectivity index (χ2v) is 5.20. The lowest BCUT2D eigenvalue weighted by Gasteiger charge is -2.11. The highest BCUT2D eigenvalue weighted by molar-refractivity contribution is 6.30. The number of nitrogens with one attached hydrogen (secondary N) is 1. The van der Waals surface area contributed by atoms with E-state index in [1.807, 2.05) is 0 Å². The number of hydrogen-bond acceptors (Lipinski definition) is 4. The van der Waals surface area contributed by atoms with Crippen molar-refractivity contribution >= 4 is 29.6 Å². The van der Waals surface area contributed by atoms with Crippen molar-refractivity contribution in [1.29, 1.82) is 0 Å². The van der Waals surface area contributed by atoms with Crippen LogP contribution in [0.25, 0.3) is 0 Å². The minimum absolute atomic E-state index is 0.144. The second kappa shape index (κ2) is 7.67. The first-order valence-electron chi connectivity index (χ1n) is 6.74. The maximum absolute atomic E-state index is 13.7. The van der Waals surface area contributed by atoms with Crippen molar-refractivity contribution in [3.8, 4) is 0 Å². The van der Waals surface area contributed by atoms with Crippen LogP contribution in [0.15, 0.2) is 47.6 Å². The van der Waals surface area contributed by atoms with Gasteiger partial charge in [0, 0.05) is 17.6 Å². The summed E-state index contributed by atoms with van der Waals surface area (Å²) in [6, 6.07) is 9.87. The molecule has 0 aromatic heterocycles. The number of amides is 2. The zero-order valence-electron chi connectivity index (χ0n) is 12.5. The maximum Gasteiger partial charge on any atom is 0.276 e. The molecule has 0 saturated heterocycles. The fraction of sp³-hybridized carbons (Fsp3) is 0.0625. The first-order chi connectivity index (χ1) is 11.4. The third kappa shape index (κ3) is 4.15. The number of benzene rings is 2. The lowest BCUT2D eigenvalue weighted by atomic mass is 10.1. The smallest absolute Gasteiger partial charge is 0.276 e. The van der Waals surface area contributed by atoms with Crippen LogP contribution in [0.4, 0.5) is 4.39 Å². The maximum atomic E-state index is 13.7. The van der Waals surface area contributed by atoms with Crippen LogP contribution < -0.4 is 5.48 Å². The fourth-order valence-corrected chi connectivity index (χ4v) is 1.99. The zero-order chi connectivity index (χ0) is 17.7. The Bertz CT molecular complexity index is 794. The van der Waals surface area contributed by atoms with Gasteiger partial charge in [-0.25, -0.2) is 14.9 Å². The molecule has 2 N–H and O–H groups in total. The number of halogens is 2. The van der Waals surface area contributed by atoms with Crippen LogP contribution in [-0.4, -0.2) is 35.3 Å². The first kappa shape index (κ1) is 17.6. The molecule has 0 saturated carbocycles. The van der Waals surface area contributed by atoms with Crippen LogP contribution in [0.3, 0.4) is 0 Å². The molecule has 0 radical (unpaired) electrons. The van der Waals surface area contributed by atoms with Crippen molar-refractivity contribution in [2.75, 3.05) is 7.05 Å². The molecule has 0 atom stereocenters. The van der Waals surface area contributed by atoms with Crippen LogP contribution >= 0.6 is 11.6 Å². The molecule has 2 rings (SSSR count). The molecule has 0 bridgehead atoms. The molecule has 6 nitrogen and oxygen atoms in total. The summed E-state index contributed by atoms with van der Waals surface area (Å²) in [5, 5.41) is 13.7. The molecule has 0 spiro atoms. The van der Waals surface area contributed by atoms with Gasteiger partial charge in [0.1, 0.15) is 5.82 Å². The standard InChI is InChI=1S/C16H13ClFN3O3/c1-21(16(23)13-7-6-12(17)8-14(13)18)19-9-10-2-4-11(5-3-10)15(22)20-24/h2-9,24H,1H3,(H,20,22)/b19-9+. The zero-order valence-corrected chi connectivity index (χ0v) is 13.3. The molecule has 0 fully saturated rings. The van der Waals surface area contributed by atoms with Gasteiger partial charge in [0.15, 0.2) is 0 Å². The SMILES string of the molecule is CN(/N=C/c1ccc(C(=O)NO)cc1)C(=O)c1ccc(Cl)cc1F. The normalized spacial score (nSPS) is 10.7. The van der Waals surface area contributed by atoms with Gasteiger partial charge in [-0.15, -0.1) is 0 Å². The van der Waals surface area contributed by atoms with Crippen molar-refractivity contribution in [3.63, 3.8) is 0 Å². The number of nitrogens with zero attached hydrogens (tertiary/aromatic N) is 2. The van der Waals surface area contributed by atoms with Gasteiger partial charge < -0.3 is 0 Å². The fourth-order valence-electron chi connectivity index (χ4n) is 1.83. The monoisotopic (exact) mass is 349 g/mol. The van der Waals surface area contributed by atoms with E-state index in [-0.39, 0.29) is 16.1 Å². The van der Waals surface area contributed by atoms with E-state index in [2.05, 4.69) is 5.10 Å². The average Bonchev–Trinajstić information content (AvgIpc) is 2.59. The van der Waals surface area contributed by atoms with Crippen LogP contribution in [0.5, 0.6) is 0 Å². The Morgan fingerprint density at radius 3 is 2.50 bits per heavy atom. The number of rotatable bonds is 4. The number of hydroxylamine groups is 1. The van der Waals surface area contributed by atoms with Gasteiger partial charge in [-0.3, -0.25) is 14.8 Å². The minimum Gasteiger partial charge on any atom is -0.288 e. The summed E-state index contributed by atoms with van der Waals surface area (Å²) in [6.07, 6.45) is 1.38. The minimum atomic E-state index is -0.728. The topological polar surface area (TPSA) is 82.0 Å². The number of hydrogen-bond donors (Lipinski definition) is 2. The van der Waals surface area contributed by atoms with Crippen LogP contribution in [-0.2, 0) is 0 Å². The van der Waals surface area contributed by atoms with Gasteiger partial charge in [0.05, 0.1) is 11.8 Å². The Morgan fingerprint density at radius 1 is 1.25 bits per heavy atom. The third-order valence-electron chi connectivity index (χ3n) is 3.11. The first-order valence-corrected chi connectivity index (χ1v) is 7.11. The molecule has 124 valence electrons. The Hall–Kier alpha value is -2.77. The van der Waals surface area contributed by atoms with Crippen LogP contribution in [0.2, 0.25) is 5.02 Å². The summed E-state index contributed by atoms with van der Waals surface area (Å²) in [7, 11) is 1.39. The van der Waals surface area contributed by atoms with Crippen LogP contribution in [0, 0.1) is 5.82 Å². The molecule has 0 aliphatic carbocycles. The largest absolute Gasteiger partial charge is 0.288 e. The Labute approximate surface area is 142 Å². The quantitative estimate of drug-likeness (QED) is 0.506. The molecule has 0 heterocycles. The van der Waals surface area contributed by atoms with Gasteiger partial charge in [-0.2, -0.15) is 5.10 Å². The lowest BCUT2D eigenvalue weighted by Crippen LogP contribution is -2.22. The predicted octanol–water partition coefficient (Wildman–Crippen LogP) is 2.70. The highest BCUT2D eigenvalue weighted by atomic mass is 35.5. The lowest BCUT2D eigenvalue weighted by molar-refractivity contribution is 0.0706. The van der Waals surface area contributed by atoms with E-state index in [0.717, 1.165) is 11.1 Å². The summed E-state index contributed by atoms with van der Waals surface area (Å²) in [6.45, 7) is 0. The van der Waals surface area contributed by atoms with Gasteiger partial charge in [0.25, 0.3) is 11.8 Å². The van der Waals surface area contributed by atoms with E-state index in [1.54, 1.807) is 12.1 Å². The number of carbonyl (C=O) groups excluding carboxylic acids is 2. The molecule has 0 aliphatic rings. The molecular weight excluding hydrogens is 337 g/mol. The van der Waals surface area contributed by atoms with E-state index in [0.29, 0.717) is 5.56 Å². The predicted molar refractivity (Wildman–Crippen MR) is 86.8 cm³/mol. The molecule has 2 aromatic carbocycles. The highest BCUT2D eigenvalue weighted by Crippen LogP contribution is 2.16. The number of hydrazone groups is 1. The summed E-state index contributed by atoms with van der Waals surface area (Å²) in [5.41, 5.74) is 2.26. The van der Waals surface area contributed by atoms with Gasteiger partial charge >= 0.3 is 0 Å². The van der Waals surface area contributed by atoms with E-state index in [1.165, 1.54) is 43.0 Å². The van der Waals surface area contributed by atoms with Gasteiger partial charge in [0.2, 0.25) is 0 Å². The Kier molecular flexibility index (Phi) is 5.62. The Morgan fingerprint density at radius 2 is 1.92 bits per heavy atom. The molecule has 2 amide bonds. The third-order valence-corrected chi connectivity index (χ3v) is 3.34. The van der Waals surface area contributed by atoms with Gasteiger partial charge in [-0.1, -0.05) is 23.7 Å². The highest BCUT2D eigenvalue weighted by Gasteiger charge is 2.15. The van der Waals surface area contributed by atoms with E-state index < -0.39 is 17.6 Å². The summed E-state index contributed by atoms with van der Waals surface area (Å²) in [5.74, 6) is -1.99. The molecule has 0 aliphatic heterocycles. The Balaban J connectivity index is 2.10. The van der Waals surface area contributed by atoms with Crippen molar-refractivity contribution in [2.45, 2.75) is 0 Å². The van der Waals surface area contributed by atoms with Gasteiger partial charge in [-0.05, 0) is 35.9 Å². The summed E-state index contributed by atoms with van der Waals surface area (Å²) < 4.78 is 13.7. The molecule has 2 aromatic rings. The molecular formula is C16H13ClFN3O3. The second-order valence-electron chi connectivity index (χ2n) is 4.76. The average molecular weight is 350 g/mol. The van der Waals surface area contributed by atoms with Crippen molar-refractivity contribution in [3.05, 3.63) is 70.0 Å². The number of carbonyl (C=O) groups is 2. The summed E-state index contributed by atoms with van der Waals surface area (Å²) in [4.78, 5) is 23.3. The summed E-state index contributed by atoms with van der Waals surface area (Å²) >= 11 is 5.65. The molecule has 0 unspecified atom stereocenters. The van der Waals surface area contributed by atoms with Crippen molar-refractivity contribution in [1.82, 2.24) is 10.5 Å². The van der Waals surface area contributed by atoms with E-state index in [4.69, 9.17) is 16.8 Å². The van der Waals surface area contributed by atoms with E-state index >= 15 is 0 Å². The van der Waals surface area contributed by atoms with Crippen LogP contribution in [0.1, 0.15) is 26.3 Å². The van der Waals surface area contributed by atoms with E-state index in [9.17, 15) is 14.0 Å². The molecule has 24 heavy (non-hydrogen) atoms.